The van der Waals surface area contributed by atoms with Crippen LogP contribution in [0.5, 0.6) is 0 Å². The quantitative estimate of drug-likeness (QED) is 0.109. The number of thioether (sulfide) groups is 2. The number of nitrogens with zero attached hydrogens (tertiary/aromatic N) is 9. The van der Waals surface area contributed by atoms with Crippen LogP contribution in [0.25, 0.3) is 22.2 Å². The van der Waals surface area contributed by atoms with Crippen molar-refractivity contribution in [1.29, 1.82) is 0 Å². The molecule has 0 spiro atoms. The van der Waals surface area contributed by atoms with Crippen molar-refractivity contribution in [3.63, 3.8) is 0 Å². The van der Waals surface area contributed by atoms with Gasteiger partial charge < -0.3 is 40.5 Å². The predicted octanol–water partition coefficient (Wildman–Crippen LogP) is 2.55. The Balaban J connectivity index is 0.000000162. The molecule has 6 aromatic rings. The van der Waals surface area contributed by atoms with Crippen LogP contribution < -0.4 is 10.6 Å². The van der Waals surface area contributed by atoms with Crippen LogP contribution in [-0.4, -0.2) is 146 Å². The van der Waals surface area contributed by atoms with Crippen LogP contribution in [-0.2, 0) is 38.0 Å². The number of hydrogen-bond acceptors (Lipinski definition) is 16. The number of ether oxygens (including phenoxy) is 2. The maximum absolute atomic E-state index is 13.4. The lowest BCUT2D eigenvalue weighted by Crippen LogP contribution is -2.59. The summed E-state index contributed by atoms with van der Waals surface area (Å²) in [6.45, 7) is 5.61. The van der Waals surface area contributed by atoms with E-state index in [0.717, 1.165) is 23.7 Å². The van der Waals surface area contributed by atoms with E-state index in [2.05, 4.69) is 53.4 Å². The summed E-state index contributed by atoms with van der Waals surface area (Å²) >= 11 is 2.84. The summed E-state index contributed by atoms with van der Waals surface area (Å²) in [6.07, 6.45) is 1.87. The van der Waals surface area contributed by atoms with Gasteiger partial charge in [-0.2, -0.15) is 0 Å². The number of aliphatic hydroxyl groups excluding tert-OH is 4. The highest BCUT2D eigenvalue weighted by atomic mass is 32.2. The number of para-hydroxylation sites is 1. The summed E-state index contributed by atoms with van der Waals surface area (Å²) in [5.41, 5.74) is 3.08. The molecule has 11 rings (SSSR count). The third kappa shape index (κ3) is 8.78. The molecule has 1 aliphatic carbocycles. The normalized spacial score (nSPS) is 29.8. The van der Waals surface area contributed by atoms with Gasteiger partial charge >= 0.3 is 0 Å². The maximum atomic E-state index is 13.4. The van der Waals surface area contributed by atoms with Crippen molar-refractivity contribution in [2.24, 2.45) is 9.98 Å². The molecule has 0 radical (unpaired) electrons. The number of aliphatic hydroxyl groups is 4. The van der Waals surface area contributed by atoms with Gasteiger partial charge in [-0.3, -0.25) is 9.98 Å². The lowest BCUT2D eigenvalue weighted by molar-refractivity contribution is -0.160. The zero-order valence-corrected chi connectivity index (χ0v) is 39.0. The summed E-state index contributed by atoms with van der Waals surface area (Å²) in [5, 5.41) is 68.2. The molecule has 10 atom stereocenters. The molecule has 6 N–H and O–H groups in total. The van der Waals surface area contributed by atoms with Crippen molar-refractivity contribution < 1.29 is 38.3 Å². The van der Waals surface area contributed by atoms with E-state index >= 15 is 0 Å². The lowest BCUT2D eigenvalue weighted by atomic mass is 9.93. The number of nitrogens with one attached hydrogen (secondary N) is 2. The number of amidine groups is 2. The standard InChI is InChI=1S/C25H26N6O5S2.C20H25N5O3S/c1-2-26-25-27-21-23(33)22(32)20(36-24(21)37-25)14-30-13-18(28-29-30)17-12-31(19-11-7-6-10-16(17)19)38(34,35)15-8-4-3-5-9-15;1-2-21-19-22-15-17(27)16(26)13(28-18(15)29-19)10-25-11-14(23-24-25)20(8-9-20)12-6-4-3-5-7-12/h3-13,20-24,32-33H,2,14H2,1H3,(H,26,27);3-7,11,13,15-18,26-27H,2,8-10H2,1H3,(H,21,22)/t20-,21-,22-,23-,24-;13-,15-,16-,17-,18-/m11/s1. The van der Waals surface area contributed by atoms with Crippen molar-refractivity contribution in [3.05, 3.63) is 115 Å². The first kappa shape index (κ1) is 45.6. The van der Waals surface area contributed by atoms with Gasteiger partial charge in [0.05, 0.1) is 47.5 Å². The number of aromatic nitrogens is 7. The second-order valence-electron chi connectivity index (χ2n) is 17.0. The van der Waals surface area contributed by atoms with Crippen LogP contribution in [0, 0.1) is 0 Å². The van der Waals surface area contributed by atoms with Crippen LogP contribution >= 0.6 is 23.5 Å². The van der Waals surface area contributed by atoms with Crippen molar-refractivity contribution in [1.82, 2.24) is 44.6 Å². The number of rotatable bonds is 11. The molecule has 67 heavy (non-hydrogen) atoms. The molecule has 3 aromatic heterocycles. The molecule has 7 heterocycles. The highest BCUT2D eigenvalue weighted by Crippen LogP contribution is 2.52. The highest BCUT2D eigenvalue weighted by molar-refractivity contribution is 8.14. The number of aliphatic imine (C=N–C) groups is 2. The second-order valence-corrected chi connectivity index (χ2v) is 20.9. The molecule has 5 aliphatic rings. The fourth-order valence-corrected chi connectivity index (χ4v) is 12.8. The fourth-order valence-electron chi connectivity index (χ4n) is 9.02. The van der Waals surface area contributed by atoms with Crippen LogP contribution in [0.15, 0.2) is 118 Å². The Hall–Kier alpha value is -5.17. The Morgan fingerprint density at radius 2 is 1.24 bits per heavy atom. The van der Waals surface area contributed by atoms with E-state index in [1.807, 2.05) is 50.4 Å². The Kier molecular flexibility index (Phi) is 12.7. The van der Waals surface area contributed by atoms with E-state index in [1.165, 1.54) is 37.7 Å². The Bertz CT molecular complexity index is 2880. The van der Waals surface area contributed by atoms with Crippen molar-refractivity contribution >= 4 is 54.8 Å². The zero-order chi connectivity index (χ0) is 46.5. The van der Waals surface area contributed by atoms with E-state index in [-0.39, 0.29) is 28.3 Å². The van der Waals surface area contributed by atoms with Gasteiger partial charge in [0.15, 0.2) is 10.3 Å². The first-order valence-corrected chi connectivity index (χ1v) is 25.4. The topological polar surface area (TPSA) is 249 Å². The summed E-state index contributed by atoms with van der Waals surface area (Å²) in [4.78, 5) is 8.87. The molecule has 1 saturated carbocycles. The summed E-state index contributed by atoms with van der Waals surface area (Å²) in [5.74, 6) is 0. The minimum Gasteiger partial charge on any atom is -0.388 e. The lowest BCUT2D eigenvalue weighted by Gasteiger charge is -2.38. The minimum atomic E-state index is -3.84. The SMILES string of the molecule is CCN=C1N[C@@H]2[C@@H](O)[C@H](O)[C@@H](Cn3cc(-c4cn(S(=O)(=O)c5ccccc5)c5ccccc45)nn3)O[C@@H]2S1.CCN=C1N[C@@H]2[C@@H](O)[C@H](O)[C@@H](Cn3cc(C4(c5ccccc5)CC4)nn3)O[C@@H]2S1. The third-order valence-corrected chi connectivity index (χ3v) is 16.6. The first-order valence-electron chi connectivity index (χ1n) is 22.2. The second kappa shape index (κ2) is 18.7. The van der Waals surface area contributed by atoms with E-state index in [1.54, 1.807) is 59.5 Å². The first-order chi connectivity index (χ1) is 32.5. The maximum Gasteiger partial charge on any atom is 0.268 e. The van der Waals surface area contributed by atoms with Crippen molar-refractivity contribution in [2.45, 2.75) is 110 Å². The minimum absolute atomic E-state index is 0.0487. The van der Waals surface area contributed by atoms with E-state index in [4.69, 9.17) is 9.47 Å². The number of benzene rings is 3. The molecule has 22 heteroatoms. The molecule has 3 aromatic carbocycles. The Morgan fingerprint density at radius 1 is 0.701 bits per heavy atom. The molecule has 0 bridgehead atoms. The summed E-state index contributed by atoms with van der Waals surface area (Å²) in [7, 11) is -3.84. The van der Waals surface area contributed by atoms with Crippen molar-refractivity contribution in [3.8, 4) is 11.3 Å². The fraction of sp³-hybridized carbons (Fsp3) is 0.422. The molecule has 352 valence electrons. The zero-order valence-electron chi connectivity index (χ0n) is 36.5. The largest absolute Gasteiger partial charge is 0.388 e. The van der Waals surface area contributed by atoms with Crippen LogP contribution in [0.3, 0.4) is 0 Å². The van der Waals surface area contributed by atoms with Gasteiger partial charge in [0.1, 0.15) is 53.2 Å². The van der Waals surface area contributed by atoms with Gasteiger partial charge in [-0.1, -0.05) is 101 Å². The third-order valence-electron chi connectivity index (χ3n) is 12.7. The molecule has 0 amide bonds. The van der Waals surface area contributed by atoms with Gasteiger partial charge in [-0.05, 0) is 50.5 Å². The van der Waals surface area contributed by atoms with Gasteiger partial charge in [-0.25, -0.2) is 21.8 Å². The predicted molar refractivity (Wildman–Crippen MR) is 253 cm³/mol. The molecule has 5 fully saturated rings. The van der Waals surface area contributed by atoms with Gasteiger partial charge in [-0.15, -0.1) is 10.2 Å². The Morgan fingerprint density at radius 3 is 1.82 bits per heavy atom. The van der Waals surface area contributed by atoms with E-state index < -0.39 is 58.1 Å². The highest BCUT2D eigenvalue weighted by Gasteiger charge is 2.51. The number of fused-ring (bicyclic) bond motifs is 3. The van der Waals surface area contributed by atoms with E-state index in [9.17, 15) is 28.8 Å². The van der Waals surface area contributed by atoms with E-state index in [0.29, 0.717) is 47.0 Å². The molecule has 0 unspecified atom stereocenters. The molecule has 19 nitrogen and oxygen atoms in total. The number of hydrogen-bond donors (Lipinski definition) is 6. The van der Waals surface area contributed by atoms with Gasteiger partial charge in [0, 0.05) is 41.8 Å². The van der Waals surface area contributed by atoms with Crippen LogP contribution in [0.4, 0.5) is 0 Å². The molecule has 4 saturated heterocycles. The van der Waals surface area contributed by atoms with Crippen LogP contribution in [0.1, 0.15) is 37.9 Å². The average Bonchev–Trinajstić information content (AvgIpc) is 3.89. The summed E-state index contributed by atoms with van der Waals surface area (Å²) in [6, 6.07) is 25.0. The van der Waals surface area contributed by atoms with Crippen LogP contribution in [0.2, 0.25) is 0 Å². The van der Waals surface area contributed by atoms with Crippen molar-refractivity contribution in [2.75, 3.05) is 13.1 Å². The molecule has 4 aliphatic heterocycles. The average molecular weight is 970 g/mol. The Labute approximate surface area is 394 Å². The van der Waals surface area contributed by atoms with Gasteiger partial charge in [0.2, 0.25) is 0 Å². The molecular formula is C45H51N11O8S3. The van der Waals surface area contributed by atoms with Gasteiger partial charge in [0.25, 0.3) is 10.0 Å². The monoisotopic (exact) mass is 969 g/mol. The summed E-state index contributed by atoms with van der Waals surface area (Å²) < 4.78 is 43.5. The smallest absolute Gasteiger partial charge is 0.268 e. The molecular weight excluding hydrogens is 919 g/mol.